The Morgan fingerprint density at radius 1 is 1.13 bits per heavy atom. The number of likely N-dealkylation sites (tertiary alicyclic amines) is 1. The van der Waals surface area contributed by atoms with Crippen LogP contribution in [0.15, 0.2) is 36.7 Å². The molecule has 200 valence electrons. The number of halogens is 5. The second-order valence-corrected chi connectivity index (χ2v) is 10.1. The Morgan fingerprint density at radius 3 is 2.53 bits per heavy atom. The first-order chi connectivity index (χ1) is 18.1. The van der Waals surface area contributed by atoms with E-state index in [1.165, 1.54) is 4.90 Å². The molecule has 2 atom stereocenters. The van der Waals surface area contributed by atoms with Gasteiger partial charge in [-0.05, 0) is 17.7 Å². The van der Waals surface area contributed by atoms with Gasteiger partial charge in [0.2, 0.25) is 0 Å². The fraction of sp³-hybridized carbons (Fsp3) is 0.440. The zero-order valence-electron chi connectivity index (χ0n) is 20.3. The summed E-state index contributed by atoms with van der Waals surface area (Å²) in [6.45, 7) is 0.384. The molecule has 0 spiro atoms. The number of aromatic amines is 1. The molecule has 2 saturated heterocycles. The molecule has 13 heteroatoms. The van der Waals surface area contributed by atoms with Gasteiger partial charge >= 0.3 is 6.18 Å². The molecule has 5 heterocycles. The van der Waals surface area contributed by atoms with E-state index in [9.17, 15) is 22.0 Å². The van der Waals surface area contributed by atoms with E-state index in [0.29, 0.717) is 36.4 Å². The molecule has 0 radical (unpaired) electrons. The van der Waals surface area contributed by atoms with Crippen molar-refractivity contribution in [3.63, 3.8) is 0 Å². The maximum Gasteiger partial charge on any atom is 0.433 e. The van der Waals surface area contributed by atoms with Gasteiger partial charge < -0.3 is 9.30 Å². The normalized spacial score (nSPS) is 21.7. The molecule has 0 unspecified atom stereocenters. The summed E-state index contributed by atoms with van der Waals surface area (Å²) in [7, 11) is 1.86. The van der Waals surface area contributed by atoms with Gasteiger partial charge in [0.1, 0.15) is 35.9 Å². The second kappa shape index (κ2) is 9.09. The number of alkyl halides is 5. The molecular weight excluding hydrogens is 509 g/mol. The quantitative estimate of drug-likeness (QED) is 0.380. The van der Waals surface area contributed by atoms with E-state index in [0.717, 1.165) is 17.5 Å². The summed E-state index contributed by atoms with van der Waals surface area (Å²) >= 11 is 0. The average Bonchev–Trinajstić information content (AvgIpc) is 3.54. The van der Waals surface area contributed by atoms with Crippen LogP contribution in [0.4, 0.5) is 22.0 Å². The van der Waals surface area contributed by atoms with Gasteiger partial charge in [-0.1, -0.05) is 18.2 Å². The number of aryl methyl sites for hydroxylation is 1. The fourth-order valence-corrected chi connectivity index (χ4v) is 5.18. The summed E-state index contributed by atoms with van der Waals surface area (Å²) < 4.78 is 76.3. The largest absolute Gasteiger partial charge is 0.433 e. The predicted octanol–water partition coefficient (Wildman–Crippen LogP) is 3.77. The molecular formula is C25H24F5N7O. The standard InChI is InChI=1S/C25H24F5N7O/c1-36-13-31-33-21(36)7-24(11-38-12-24)15-4-2-3-14(5-15)22-16-6-20(25(28,29)30)32-19(23(16)35-34-22)10-37-8-17(26)18(27)9-37/h2-6,13,17-18H,7-12H2,1H3,(H,34,35)/t17-,18-/m0/s1. The van der Waals surface area contributed by atoms with E-state index >= 15 is 0 Å². The van der Waals surface area contributed by atoms with Crippen molar-refractivity contribution in [2.75, 3.05) is 26.3 Å². The first-order valence-corrected chi connectivity index (χ1v) is 12.1. The van der Waals surface area contributed by atoms with Crippen molar-refractivity contribution < 1.29 is 26.7 Å². The van der Waals surface area contributed by atoms with Gasteiger partial charge in [0.15, 0.2) is 0 Å². The Labute approximate surface area is 213 Å². The molecule has 3 aromatic heterocycles. The SMILES string of the molecule is Cn1cnnc1CC1(c2cccc(-c3n[nH]c4c(CN5C[C@H](F)[C@@H](F)C5)nc(C(F)(F)F)cc34)c2)COC1. The first-order valence-electron chi connectivity index (χ1n) is 12.1. The molecule has 2 fully saturated rings. The van der Waals surface area contributed by atoms with Crippen LogP contribution in [0.5, 0.6) is 0 Å². The molecule has 8 nitrogen and oxygen atoms in total. The van der Waals surface area contributed by atoms with Crippen LogP contribution in [0.25, 0.3) is 22.2 Å². The van der Waals surface area contributed by atoms with Crippen LogP contribution in [-0.4, -0.2) is 73.5 Å². The molecule has 1 aromatic carbocycles. The molecule has 2 aliphatic heterocycles. The van der Waals surface area contributed by atoms with Gasteiger partial charge in [0.05, 0.1) is 24.4 Å². The molecule has 0 aliphatic carbocycles. The summed E-state index contributed by atoms with van der Waals surface area (Å²) in [5.74, 6) is 0.794. The minimum Gasteiger partial charge on any atom is -0.379 e. The topological polar surface area (TPSA) is 84.8 Å². The number of nitrogens with zero attached hydrogens (tertiary/aromatic N) is 6. The van der Waals surface area contributed by atoms with Crippen molar-refractivity contribution >= 4 is 10.9 Å². The number of fused-ring (bicyclic) bond motifs is 1. The summed E-state index contributed by atoms with van der Waals surface area (Å²) in [6.07, 6.45) is -5.86. The lowest BCUT2D eigenvalue weighted by Gasteiger charge is -2.41. The van der Waals surface area contributed by atoms with Crippen LogP contribution >= 0.6 is 0 Å². The lowest BCUT2D eigenvalue weighted by Crippen LogP contribution is -2.49. The Hall–Kier alpha value is -3.45. The summed E-state index contributed by atoms with van der Waals surface area (Å²) in [5, 5.41) is 15.5. The van der Waals surface area contributed by atoms with Crippen LogP contribution in [0.1, 0.15) is 22.8 Å². The highest BCUT2D eigenvalue weighted by atomic mass is 19.4. The number of H-pyrrole nitrogens is 1. The van der Waals surface area contributed by atoms with E-state index in [2.05, 4.69) is 25.4 Å². The third-order valence-corrected chi connectivity index (χ3v) is 7.36. The van der Waals surface area contributed by atoms with Crippen LogP contribution in [-0.2, 0) is 36.3 Å². The van der Waals surface area contributed by atoms with Crippen LogP contribution in [0, 0.1) is 0 Å². The van der Waals surface area contributed by atoms with Crippen molar-refractivity contribution in [2.45, 2.75) is 36.9 Å². The number of ether oxygens (including phenoxy) is 1. The number of hydrogen-bond donors (Lipinski definition) is 1. The molecule has 0 amide bonds. The lowest BCUT2D eigenvalue weighted by atomic mass is 9.75. The second-order valence-electron chi connectivity index (χ2n) is 10.1. The Morgan fingerprint density at radius 2 is 1.89 bits per heavy atom. The van der Waals surface area contributed by atoms with Crippen molar-refractivity contribution in [2.24, 2.45) is 7.05 Å². The van der Waals surface area contributed by atoms with Gasteiger partial charge in [-0.3, -0.25) is 10.00 Å². The van der Waals surface area contributed by atoms with Crippen LogP contribution in [0.3, 0.4) is 0 Å². The molecule has 38 heavy (non-hydrogen) atoms. The minimum absolute atomic E-state index is 0.0391. The third-order valence-electron chi connectivity index (χ3n) is 7.36. The van der Waals surface area contributed by atoms with Crippen LogP contribution < -0.4 is 0 Å². The number of pyridine rings is 1. The van der Waals surface area contributed by atoms with Gasteiger partial charge in [0, 0.05) is 49.5 Å². The van der Waals surface area contributed by atoms with E-state index < -0.39 is 24.2 Å². The number of rotatable bonds is 6. The summed E-state index contributed by atoms with van der Waals surface area (Å²) in [6, 6.07) is 8.45. The summed E-state index contributed by atoms with van der Waals surface area (Å²) in [5.41, 5.74) is 0.807. The Kier molecular flexibility index (Phi) is 5.94. The maximum absolute atomic E-state index is 13.8. The predicted molar refractivity (Wildman–Crippen MR) is 127 cm³/mol. The smallest absolute Gasteiger partial charge is 0.379 e. The lowest BCUT2D eigenvalue weighted by molar-refractivity contribution is -0.141. The van der Waals surface area contributed by atoms with E-state index in [4.69, 9.17) is 4.74 Å². The maximum atomic E-state index is 13.8. The highest BCUT2D eigenvalue weighted by Gasteiger charge is 2.42. The van der Waals surface area contributed by atoms with Gasteiger partial charge in [-0.15, -0.1) is 10.2 Å². The molecule has 0 bridgehead atoms. The third kappa shape index (κ3) is 4.33. The number of nitrogens with one attached hydrogen (secondary N) is 1. The monoisotopic (exact) mass is 533 g/mol. The van der Waals surface area contributed by atoms with Gasteiger partial charge in [0.25, 0.3) is 0 Å². The Balaban J connectivity index is 1.40. The molecule has 2 aliphatic rings. The van der Waals surface area contributed by atoms with Crippen molar-refractivity contribution in [3.05, 3.63) is 59.4 Å². The van der Waals surface area contributed by atoms with E-state index in [-0.39, 0.29) is 36.1 Å². The average molecular weight is 534 g/mol. The van der Waals surface area contributed by atoms with E-state index in [1.54, 1.807) is 12.4 Å². The zero-order valence-corrected chi connectivity index (χ0v) is 20.3. The molecule has 6 rings (SSSR count). The van der Waals surface area contributed by atoms with Crippen molar-refractivity contribution in [1.82, 2.24) is 34.8 Å². The number of aromatic nitrogens is 6. The number of benzene rings is 1. The highest BCUT2D eigenvalue weighted by Crippen LogP contribution is 2.39. The summed E-state index contributed by atoms with van der Waals surface area (Å²) in [4.78, 5) is 5.23. The fourth-order valence-electron chi connectivity index (χ4n) is 5.18. The van der Waals surface area contributed by atoms with Crippen LogP contribution in [0.2, 0.25) is 0 Å². The van der Waals surface area contributed by atoms with Crippen molar-refractivity contribution in [1.29, 1.82) is 0 Å². The molecule has 1 N–H and O–H groups in total. The van der Waals surface area contributed by atoms with E-state index in [1.807, 2.05) is 29.8 Å². The van der Waals surface area contributed by atoms with Gasteiger partial charge in [-0.25, -0.2) is 13.8 Å². The number of hydrogen-bond acceptors (Lipinski definition) is 6. The Bertz CT molecular complexity index is 1470. The van der Waals surface area contributed by atoms with Crippen molar-refractivity contribution in [3.8, 4) is 11.3 Å². The highest BCUT2D eigenvalue weighted by molar-refractivity contribution is 5.94. The van der Waals surface area contributed by atoms with Gasteiger partial charge in [-0.2, -0.15) is 18.3 Å². The molecule has 0 saturated carbocycles. The zero-order chi connectivity index (χ0) is 26.7. The minimum atomic E-state index is -4.71. The molecule has 4 aromatic rings. The first kappa shape index (κ1) is 24.9.